The summed E-state index contributed by atoms with van der Waals surface area (Å²) in [6.45, 7) is 6.31. The number of amides is 1. The van der Waals surface area contributed by atoms with E-state index < -0.39 is 5.92 Å². The van der Waals surface area contributed by atoms with Crippen molar-refractivity contribution in [3.8, 4) is 11.5 Å². The van der Waals surface area contributed by atoms with E-state index in [1.165, 1.54) is 0 Å². The number of piperazine rings is 1. The van der Waals surface area contributed by atoms with Crippen LogP contribution in [0.25, 0.3) is 0 Å². The molecule has 2 aliphatic rings. The Hall–Kier alpha value is -3.06. The van der Waals surface area contributed by atoms with Gasteiger partial charge in [0, 0.05) is 43.9 Å². The van der Waals surface area contributed by atoms with Crippen molar-refractivity contribution in [2.45, 2.75) is 19.3 Å². The lowest BCUT2D eigenvalue weighted by atomic mass is 9.88. The SMILES string of the molecule is CCOC(=O)N1CCN(CCCOC(=O)C2c3ccccc3Oc3ccccc32)CC1. The molecule has 0 saturated carbocycles. The van der Waals surface area contributed by atoms with Gasteiger partial charge in [0.25, 0.3) is 0 Å². The lowest BCUT2D eigenvalue weighted by Crippen LogP contribution is -2.49. The number of nitrogens with zero attached hydrogens (tertiary/aromatic N) is 2. The highest BCUT2D eigenvalue weighted by molar-refractivity contribution is 5.85. The van der Waals surface area contributed by atoms with E-state index in [9.17, 15) is 9.59 Å². The number of hydrogen-bond donors (Lipinski definition) is 0. The number of ether oxygens (including phenoxy) is 3. The summed E-state index contributed by atoms with van der Waals surface area (Å²) in [5.74, 6) is 0.662. The molecule has 0 aromatic heterocycles. The Morgan fingerprint density at radius 1 is 0.935 bits per heavy atom. The quantitative estimate of drug-likeness (QED) is 0.521. The number of carbonyl (C=O) groups is 2. The summed E-state index contributed by atoms with van der Waals surface area (Å²) in [5.41, 5.74) is 1.67. The zero-order chi connectivity index (χ0) is 21.6. The van der Waals surface area contributed by atoms with Crippen molar-refractivity contribution in [3.63, 3.8) is 0 Å². The lowest BCUT2D eigenvalue weighted by Gasteiger charge is -2.34. The smallest absolute Gasteiger partial charge is 0.409 e. The second-order valence-corrected chi connectivity index (χ2v) is 7.66. The van der Waals surface area contributed by atoms with E-state index in [2.05, 4.69) is 4.90 Å². The molecule has 7 nitrogen and oxygen atoms in total. The Kier molecular flexibility index (Phi) is 6.72. The van der Waals surface area contributed by atoms with E-state index in [-0.39, 0.29) is 12.1 Å². The first kappa shape index (κ1) is 21.2. The van der Waals surface area contributed by atoms with Crippen molar-refractivity contribution in [2.24, 2.45) is 0 Å². The van der Waals surface area contributed by atoms with E-state index in [1.807, 2.05) is 55.5 Å². The van der Waals surface area contributed by atoms with Gasteiger partial charge in [0.15, 0.2) is 0 Å². The van der Waals surface area contributed by atoms with Gasteiger partial charge in [0.1, 0.15) is 17.4 Å². The maximum atomic E-state index is 13.0. The van der Waals surface area contributed by atoms with Crippen LogP contribution in [0.5, 0.6) is 11.5 Å². The van der Waals surface area contributed by atoms with E-state index in [1.54, 1.807) is 4.90 Å². The van der Waals surface area contributed by atoms with Gasteiger partial charge in [-0.1, -0.05) is 36.4 Å². The zero-order valence-electron chi connectivity index (χ0n) is 17.8. The van der Waals surface area contributed by atoms with Crippen LogP contribution in [0, 0.1) is 0 Å². The average molecular weight is 424 g/mol. The second-order valence-electron chi connectivity index (χ2n) is 7.66. The van der Waals surface area contributed by atoms with Crippen LogP contribution >= 0.6 is 0 Å². The third-order valence-corrected chi connectivity index (χ3v) is 5.68. The van der Waals surface area contributed by atoms with Crippen LogP contribution in [0.3, 0.4) is 0 Å². The third-order valence-electron chi connectivity index (χ3n) is 5.68. The molecule has 0 N–H and O–H groups in total. The summed E-state index contributed by atoms with van der Waals surface area (Å²) in [5, 5.41) is 0. The van der Waals surface area contributed by atoms with Gasteiger partial charge in [-0.25, -0.2) is 4.79 Å². The molecule has 2 aliphatic heterocycles. The van der Waals surface area contributed by atoms with Crippen LogP contribution < -0.4 is 4.74 Å². The van der Waals surface area contributed by atoms with E-state index in [0.717, 1.165) is 37.2 Å². The minimum atomic E-state index is -0.478. The van der Waals surface area contributed by atoms with E-state index in [4.69, 9.17) is 14.2 Å². The van der Waals surface area contributed by atoms with Gasteiger partial charge in [-0.05, 0) is 25.5 Å². The van der Waals surface area contributed by atoms with Gasteiger partial charge in [0.05, 0.1) is 13.2 Å². The molecule has 31 heavy (non-hydrogen) atoms. The second kappa shape index (κ2) is 9.83. The Morgan fingerprint density at radius 3 is 2.16 bits per heavy atom. The van der Waals surface area contributed by atoms with Crippen molar-refractivity contribution < 1.29 is 23.8 Å². The predicted octanol–water partition coefficient (Wildman–Crippen LogP) is 3.63. The van der Waals surface area contributed by atoms with Crippen molar-refractivity contribution >= 4 is 12.1 Å². The number of rotatable bonds is 6. The Labute approximate surface area is 182 Å². The van der Waals surface area contributed by atoms with E-state index >= 15 is 0 Å². The molecule has 0 unspecified atom stereocenters. The van der Waals surface area contributed by atoms with Gasteiger partial charge >= 0.3 is 12.1 Å². The van der Waals surface area contributed by atoms with Crippen LogP contribution in [-0.4, -0.2) is 67.8 Å². The number of para-hydroxylation sites is 2. The number of carbonyl (C=O) groups excluding carboxylic acids is 2. The first-order chi connectivity index (χ1) is 15.2. The molecule has 0 spiro atoms. The van der Waals surface area contributed by atoms with Gasteiger partial charge in [-0.15, -0.1) is 0 Å². The highest BCUT2D eigenvalue weighted by Gasteiger charge is 2.33. The molecule has 0 atom stereocenters. The molecule has 4 rings (SSSR count). The van der Waals surface area contributed by atoms with Crippen LogP contribution in [0.4, 0.5) is 4.79 Å². The standard InChI is InChI=1S/C24H28N2O5/c1-2-29-24(28)26-15-13-25(14-16-26)12-7-17-30-23(27)22-18-8-3-5-10-20(18)31-21-11-6-4-9-19(21)22/h3-6,8-11,22H,2,7,12-17H2,1H3. The van der Waals surface area contributed by atoms with E-state index in [0.29, 0.717) is 37.8 Å². The monoisotopic (exact) mass is 424 g/mol. The molecule has 1 saturated heterocycles. The molecule has 7 heteroatoms. The van der Waals surface area contributed by atoms with Crippen molar-refractivity contribution in [1.29, 1.82) is 0 Å². The summed E-state index contributed by atoms with van der Waals surface area (Å²) in [6, 6.07) is 15.2. The molecule has 2 heterocycles. The highest BCUT2D eigenvalue weighted by Crippen LogP contribution is 2.44. The maximum Gasteiger partial charge on any atom is 0.409 e. The normalized spacial score (nSPS) is 16.1. The number of benzene rings is 2. The lowest BCUT2D eigenvalue weighted by molar-refractivity contribution is -0.144. The van der Waals surface area contributed by atoms with Crippen LogP contribution in [0.1, 0.15) is 30.4 Å². The van der Waals surface area contributed by atoms with Crippen molar-refractivity contribution in [2.75, 3.05) is 45.9 Å². The minimum absolute atomic E-state index is 0.242. The number of hydrogen-bond acceptors (Lipinski definition) is 6. The Morgan fingerprint density at radius 2 is 1.55 bits per heavy atom. The fourth-order valence-electron chi connectivity index (χ4n) is 4.08. The number of esters is 1. The van der Waals surface area contributed by atoms with Gasteiger partial charge < -0.3 is 19.1 Å². The van der Waals surface area contributed by atoms with Crippen molar-refractivity contribution in [3.05, 3.63) is 59.7 Å². The van der Waals surface area contributed by atoms with Gasteiger partial charge in [-0.2, -0.15) is 0 Å². The summed E-state index contributed by atoms with van der Waals surface area (Å²) < 4.78 is 16.7. The number of fused-ring (bicyclic) bond motifs is 2. The molecule has 2 aromatic rings. The molecule has 0 aliphatic carbocycles. The Balaban J connectivity index is 1.28. The first-order valence-electron chi connectivity index (χ1n) is 10.8. The third kappa shape index (κ3) is 4.82. The highest BCUT2D eigenvalue weighted by atomic mass is 16.6. The van der Waals surface area contributed by atoms with Crippen LogP contribution in [0.2, 0.25) is 0 Å². The predicted molar refractivity (Wildman–Crippen MR) is 115 cm³/mol. The molecule has 164 valence electrons. The molecule has 0 bridgehead atoms. The fraction of sp³-hybridized carbons (Fsp3) is 0.417. The maximum absolute atomic E-state index is 13.0. The van der Waals surface area contributed by atoms with Gasteiger partial charge in [0.2, 0.25) is 0 Å². The zero-order valence-corrected chi connectivity index (χ0v) is 17.8. The molecular formula is C24H28N2O5. The molecule has 1 fully saturated rings. The minimum Gasteiger partial charge on any atom is -0.465 e. The van der Waals surface area contributed by atoms with Gasteiger partial charge in [-0.3, -0.25) is 9.69 Å². The fourth-order valence-corrected chi connectivity index (χ4v) is 4.08. The van der Waals surface area contributed by atoms with Crippen LogP contribution in [-0.2, 0) is 14.3 Å². The summed E-state index contributed by atoms with van der Waals surface area (Å²) in [6.07, 6.45) is 0.505. The molecule has 0 radical (unpaired) electrons. The Bertz CT molecular complexity index is 878. The average Bonchev–Trinajstić information content (AvgIpc) is 2.80. The molecule has 2 aromatic carbocycles. The molecule has 1 amide bonds. The summed E-state index contributed by atoms with van der Waals surface area (Å²) >= 11 is 0. The largest absolute Gasteiger partial charge is 0.465 e. The van der Waals surface area contributed by atoms with Crippen LogP contribution in [0.15, 0.2) is 48.5 Å². The topological polar surface area (TPSA) is 68.3 Å². The first-order valence-corrected chi connectivity index (χ1v) is 10.8. The van der Waals surface area contributed by atoms with Crippen molar-refractivity contribution in [1.82, 2.24) is 9.80 Å². The summed E-state index contributed by atoms with van der Waals surface area (Å²) in [4.78, 5) is 28.8. The summed E-state index contributed by atoms with van der Waals surface area (Å²) in [7, 11) is 0. The molecular weight excluding hydrogens is 396 g/mol.